The summed E-state index contributed by atoms with van der Waals surface area (Å²) in [7, 11) is 0. The van der Waals surface area contributed by atoms with E-state index in [9.17, 15) is 9.18 Å². The zero-order chi connectivity index (χ0) is 11.3. The van der Waals surface area contributed by atoms with Crippen LogP contribution < -0.4 is 5.32 Å². The molecule has 0 atom stereocenters. The minimum absolute atomic E-state index is 0.148. The third kappa shape index (κ3) is 3.58. The number of hydrogen-bond acceptors (Lipinski definition) is 2. The van der Waals surface area contributed by atoms with Crippen molar-refractivity contribution >= 4 is 11.7 Å². The highest BCUT2D eigenvalue weighted by molar-refractivity contribution is 5.70. The number of carboxylic acid groups (broad SMARTS) is 1. The summed E-state index contributed by atoms with van der Waals surface area (Å²) in [5, 5.41) is 11.5. The molecule has 2 N–H and O–H groups in total. The van der Waals surface area contributed by atoms with E-state index in [2.05, 4.69) is 5.32 Å². The molecule has 0 aromatic heterocycles. The van der Waals surface area contributed by atoms with E-state index in [0.717, 1.165) is 6.42 Å². The number of aliphatic carboxylic acids is 1. The van der Waals surface area contributed by atoms with E-state index in [1.165, 1.54) is 6.07 Å². The van der Waals surface area contributed by atoms with Crippen LogP contribution in [-0.4, -0.2) is 17.6 Å². The van der Waals surface area contributed by atoms with Gasteiger partial charge in [0.05, 0.1) is 12.1 Å². The summed E-state index contributed by atoms with van der Waals surface area (Å²) in [6.45, 7) is 2.69. The standard InChI is InChI=1S/C11H14FNO2/c1-2-5-13-10-4-3-8(6-9(10)12)7-11(14)15/h3-4,6,13H,2,5,7H2,1H3,(H,14,15). The number of carboxylic acids is 1. The third-order valence-corrected chi connectivity index (χ3v) is 1.95. The van der Waals surface area contributed by atoms with Gasteiger partial charge in [0.25, 0.3) is 0 Å². The van der Waals surface area contributed by atoms with Gasteiger partial charge >= 0.3 is 5.97 Å². The van der Waals surface area contributed by atoms with Crippen molar-refractivity contribution in [3.05, 3.63) is 29.6 Å². The van der Waals surface area contributed by atoms with Gasteiger partial charge in [0.15, 0.2) is 0 Å². The minimum atomic E-state index is -0.955. The molecule has 0 fully saturated rings. The van der Waals surface area contributed by atoms with Crippen molar-refractivity contribution < 1.29 is 14.3 Å². The Kier molecular flexibility index (Phi) is 4.09. The van der Waals surface area contributed by atoms with Crippen molar-refractivity contribution in [2.45, 2.75) is 19.8 Å². The van der Waals surface area contributed by atoms with Gasteiger partial charge in [-0.05, 0) is 24.1 Å². The predicted octanol–water partition coefficient (Wildman–Crippen LogP) is 2.27. The average Bonchev–Trinajstić information content (AvgIpc) is 2.15. The molecular formula is C11H14FNO2. The second kappa shape index (κ2) is 5.34. The fraction of sp³-hybridized carbons (Fsp3) is 0.364. The fourth-order valence-electron chi connectivity index (χ4n) is 1.25. The summed E-state index contributed by atoms with van der Waals surface area (Å²) in [4.78, 5) is 10.4. The van der Waals surface area contributed by atoms with Crippen LogP contribution >= 0.6 is 0 Å². The Bertz CT molecular complexity index is 352. The van der Waals surface area contributed by atoms with E-state index in [0.29, 0.717) is 17.8 Å². The molecule has 0 spiro atoms. The van der Waals surface area contributed by atoms with E-state index < -0.39 is 11.8 Å². The second-order valence-electron chi connectivity index (χ2n) is 3.31. The van der Waals surface area contributed by atoms with Gasteiger partial charge in [0.1, 0.15) is 5.82 Å². The monoisotopic (exact) mass is 211 g/mol. The predicted molar refractivity (Wildman–Crippen MR) is 56.5 cm³/mol. The Morgan fingerprint density at radius 2 is 2.27 bits per heavy atom. The van der Waals surface area contributed by atoms with E-state index in [1.807, 2.05) is 6.92 Å². The summed E-state index contributed by atoms with van der Waals surface area (Å²) in [5.74, 6) is -1.36. The normalized spacial score (nSPS) is 10.0. The molecule has 1 aromatic carbocycles. The maximum atomic E-state index is 13.4. The highest BCUT2D eigenvalue weighted by atomic mass is 19.1. The van der Waals surface area contributed by atoms with Gasteiger partial charge in [-0.15, -0.1) is 0 Å². The van der Waals surface area contributed by atoms with Crippen LogP contribution in [0.4, 0.5) is 10.1 Å². The molecule has 0 bridgehead atoms. The van der Waals surface area contributed by atoms with Crippen molar-refractivity contribution in [1.29, 1.82) is 0 Å². The molecule has 1 aromatic rings. The molecule has 15 heavy (non-hydrogen) atoms. The quantitative estimate of drug-likeness (QED) is 0.785. The van der Waals surface area contributed by atoms with E-state index in [4.69, 9.17) is 5.11 Å². The topological polar surface area (TPSA) is 49.3 Å². The number of benzene rings is 1. The van der Waals surface area contributed by atoms with Crippen LogP contribution in [0.2, 0.25) is 0 Å². The Morgan fingerprint density at radius 1 is 1.53 bits per heavy atom. The molecule has 0 aliphatic rings. The molecule has 0 saturated heterocycles. The molecule has 0 unspecified atom stereocenters. The third-order valence-electron chi connectivity index (χ3n) is 1.95. The Hall–Kier alpha value is -1.58. The van der Waals surface area contributed by atoms with Crippen molar-refractivity contribution in [2.75, 3.05) is 11.9 Å². The first kappa shape index (κ1) is 11.5. The number of hydrogen-bond donors (Lipinski definition) is 2. The molecule has 0 heterocycles. The Labute approximate surface area is 87.9 Å². The van der Waals surface area contributed by atoms with Crippen molar-refractivity contribution in [1.82, 2.24) is 0 Å². The van der Waals surface area contributed by atoms with Gasteiger partial charge in [0.2, 0.25) is 0 Å². The van der Waals surface area contributed by atoms with E-state index >= 15 is 0 Å². The zero-order valence-corrected chi connectivity index (χ0v) is 8.59. The van der Waals surface area contributed by atoms with Gasteiger partial charge < -0.3 is 10.4 Å². The summed E-state index contributed by atoms with van der Waals surface area (Å²) >= 11 is 0. The lowest BCUT2D eigenvalue weighted by molar-refractivity contribution is -0.136. The van der Waals surface area contributed by atoms with E-state index in [-0.39, 0.29) is 6.42 Å². The highest BCUT2D eigenvalue weighted by Crippen LogP contribution is 2.16. The summed E-state index contributed by atoms with van der Waals surface area (Å²) in [6.07, 6.45) is 0.765. The maximum absolute atomic E-state index is 13.4. The summed E-state index contributed by atoms with van der Waals surface area (Å²) in [6, 6.07) is 4.45. The first-order valence-corrected chi connectivity index (χ1v) is 4.87. The van der Waals surface area contributed by atoms with Gasteiger partial charge in [-0.25, -0.2) is 4.39 Å². The van der Waals surface area contributed by atoms with Crippen LogP contribution in [-0.2, 0) is 11.2 Å². The molecular weight excluding hydrogens is 197 g/mol. The average molecular weight is 211 g/mol. The molecule has 0 aliphatic heterocycles. The van der Waals surface area contributed by atoms with Crippen LogP contribution in [0.25, 0.3) is 0 Å². The van der Waals surface area contributed by atoms with Crippen molar-refractivity contribution in [3.8, 4) is 0 Å². The molecule has 82 valence electrons. The van der Waals surface area contributed by atoms with Crippen molar-refractivity contribution in [2.24, 2.45) is 0 Å². The molecule has 0 amide bonds. The highest BCUT2D eigenvalue weighted by Gasteiger charge is 2.05. The molecule has 0 saturated carbocycles. The number of halogens is 1. The van der Waals surface area contributed by atoms with Crippen LogP contribution in [0.5, 0.6) is 0 Å². The number of anilines is 1. The van der Waals surface area contributed by atoms with Crippen LogP contribution in [0.15, 0.2) is 18.2 Å². The molecule has 4 heteroatoms. The largest absolute Gasteiger partial charge is 0.481 e. The first-order chi connectivity index (χ1) is 7.13. The van der Waals surface area contributed by atoms with E-state index in [1.54, 1.807) is 12.1 Å². The summed E-state index contributed by atoms with van der Waals surface area (Å²) < 4.78 is 13.4. The first-order valence-electron chi connectivity index (χ1n) is 4.87. The molecule has 0 aliphatic carbocycles. The number of carbonyl (C=O) groups is 1. The SMILES string of the molecule is CCCNc1ccc(CC(=O)O)cc1F. The van der Waals surface area contributed by atoms with Gasteiger partial charge in [-0.3, -0.25) is 4.79 Å². The lowest BCUT2D eigenvalue weighted by Gasteiger charge is -2.07. The van der Waals surface area contributed by atoms with Crippen LogP contribution in [0.3, 0.4) is 0 Å². The zero-order valence-electron chi connectivity index (χ0n) is 8.59. The van der Waals surface area contributed by atoms with Crippen molar-refractivity contribution in [3.63, 3.8) is 0 Å². The van der Waals surface area contributed by atoms with Crippen LogP contribution in [0.1, 0.15) is 18.9 Å². The van der Waals surface area contributed by atoms with Gasteiger partial charge in [-0.1, -0.05) is 13.0 Å². The number of nitrogens with one attached hydrogen (secondary N) is 1. The smallest absolute Gasteiger partial charge is 0.307 e. The maximum Gasteiger partial charge on any atom is 0.307 e. The number of rotatable bonds is 5. The van der Waals surface area contributed by atoms with Crippen LogP contribution in [0, 0.1) is 5.82 Å². The molecule has 1 rings (SSSR count). The van der Waals surface area contributed by atoms with Gasteiger partial charge in [0, 0.05) is 6.54 Å². The minimum Gasteiger partial charge on any atom is -0.481 e. The molecule has 0 radical (unpaired) electrons. The lowest BCUT2D eigenvalue weighted by Crippen LogP contribution is -2.04. The van der Waals surface area contributed by atoms with Gasteiger partial charge in [-0.2, -0.15) is 0 Å². The molecule has 3 nitrogen and oxygen atoms in total. The Morgan fingerprint density at radius 3 is 2.80 bits per heavy atom. The Balaban J connectivity index is 2.74. The lowest BCUT2D eigenvalue weighted by atomic mass is 10.1. The fourth-order valence-corrected chi connectivity index (χ4v) is 1.25. The summed E-state index contributed by atoms with van der Waals surface area (Å²) in [5.41, 5.74) is 0.896. The second-order valence-corrected chi connectivity index (χ2v) is 3.31.